The molecule has 16 heavy (non-hydrogen) atoms. The second-order valence-corrected chi connectivity index (χ2v) is 3.31. The van der Waals surface area contributed by atoms with E-state index >= 15 is 0 Å². The standard InChI is InChI=1S/C12H15O2.BrH.Zn/c1-4-14-12(13)8-11-6-9(2)5-10(3)7-11;;/h5-7H,2,4,8H2,1,3H3;1H;/q-1;;+2/p-1. The summed E-state index contributed by atoms with van der Waals surface area (Å²) in [5.74, 6) is -0.183. The Morgan fingerprint density at radius 2 is 2.00 bits per heavy atom. The first kappa shape index (κ1) is 18.0. The van der Waals surface area contributed by atoms with Crippen LogP contribution in [0.3, 0.4) is 0 Å². The molecule has 1 aromatic rings. The van der Waals surface area contributed by atoms with Crippen molar-refractivity contribution in [3.63, 3.8) is 0 Å². The zero-order valence-electron chi connectivity index (χ0n) is 9.75. The number of ether oxygens (including phenoxy) is 1. The molecule has 0 saturated heterocycles. The van der Waals surface area contributed by atoms with Gasteiger partial charge in [-0.15, -0.1) is 5.56 Å². The summed E-state index contributed by atoms with van der Waals surface area (Å²) in [6, 6.07) is 5.87. The van der Waals surface area contributed by atoms with Crippen LogP contribution < -0.4 is 17.0 Å². The molecule has 0 unspecified atom stereocenters. The Labute approximate surface area is 120 Å². The number of rotatable bonds is 3. The van der Waals surface area contributed by atoms with E-state index in [2.05, 4.69) is 6.92 Å². The molecule has 84 valence electrons. The number of carbonyl (C=O) groups excluding carboxylic acids is 1. The van der Waals surface area contributed by atoms with Crippen LogP contribution in [0.25, 0.3) is 0 Å². The molecule has 0 aliphatic carbocycles. The van der Waals surface area contributed by atoms with Gasteiger partial charge >= 0.3 is 25.4 Å². The van der Waals surface area contributed by atoms with Gasteiger partial charge < -0.3 is 21.7 Å². The molecule has 1 rings (SSSR count). The van der Waals surface area contributed by atoms with E-state index < -0.39 is 0 Å². The fourth-order valence-electron chi connectivity index (χ4n) is 1.43. The minimum atomic E-state index is -0.183. The summed E-state index contributed by atoms with van der Waals surface area (Å²) < 4.78 is 4.87. The number of esters is 1. The summed E-state index contributed by atoms with van der Waals surface area (Å²) in [7, 11) is 0. The van der Waals surface area contributed by atoms with Gasteiger partial charge in [-0.3, -0.25) is 4.79 Å². The molecule has 0 aliphatic heterocycles. The van der Waals surface area contributed by atoms with Gasteiger partial charge in [-0.05, 0) is 6.92 Å². The van der Waals surface area contributed by atoms with Crippen LogP contribution in [-0.4, -0.2) is 12.6 Å². The van der Waals surface area contributed by atoms with Gasteiger partial charge in [-0.25, -0.2) is 0 Å². The van der Waals surface area contributed by atoms with Crippen LogP contribution in [0.15, 0.2) is 18.2 Å². The molecule has 0 N–H and O–H groups in total. The van der Waals surface area contributed by atoms with Crippen LogP contribution in [0.5, 0.6) is 0 Å². The second kappa shape index (κ2) is 8.77. The predicted molar refractivity (Wildman–Crippen MR) is 56.0 cm³/mol. The number of carbonyl (C=O) groups is 1. The van der Waals surface area contributed by atoms with Crippen molar-refractivity contribution in [2.24, 2.45) is 0 Å². The maximum absolute atomic E-state index is 11.2. The third kappa shape index (κ3) is 6.29. The normalized spacial score (nSPS) is 8.62. The number of hydrogen-bond acceptors (Lipinski definition) is 2. The van der Waals surface area contributed by atoms with Gasteiger partial charge in [-0.1, -0.05) is 18.6 Å². The van der Waals surface area contributed by atoms with E-state index in [0.29, 0.717) is 13.0 Å². The molecule has 0 fully saturated rings. The van der Waals surface area contributed by atoms with Crippen molar-refractivity contribution in [1.82, 2.24) is 0 Å². The average molecular weight is 337 g/mol. The maximum atomic E-state index is 11.2. The number of aryl methyl sites for hydroxylation is 1. The van der Waals surface area contributed by atoms with Crippen LogP contribution in [0.4, 0.5) is 0 Å². The fourth-order valence-corrected chi connectivity index (χ4v) is 1.43. The Bertz CT molecular complexity index is 320. The molecule has 0 atom stereocenters. The first-order chi connectivity index (χ1) is 6.61. The summed E-state index contributed by atoms with van der Waals surface area (Å²) in [4.78, 5) is 11.2. The molecule has 0 radical (unpaired) electrons. The van der Waals surface area contributed by atoms with Gasteiger partial charge in [-0.2, -0.15) is 24.6 Å². The van der Waals surface area contributed by atoms with Crippen LogP contribution in [0.1, 0.15) is 23.6 Å². The van der Waals surface area contributed by atoms with Gasteiger partial charge in [0.2, 0.25) is 0 Å². The molecular formula is C12H15BrO2Zn. The molecule has 0 amide bonds. The largest absolute Gasteiger partial charge is 2.00 e. The molecule has 0 spiro atoms. The Morgan fingerprint density at radius 1 is 1.38 bits per heavy atom. The molecule has 0 aromatic heterocycles. The van der Waals surface area contributed by atoms with Crippen molar-refractivity contribution in [3.05, 3.63) is 41.8 Å². The molecule has 1 aromatic carbocycles. The number of halogens is 1. The van der Waals surface area contributed by atoms with E-state index in [1.54, 1.807) is 6.92 Å². The van der Waals surface area contributed by atoms with Gasteiger partial charge in [0.05, 0.1) is 13.0 Å². The molecule has 4 heteroatoms. The zero-order chi connectivity index (χ0) is 10.6. The Balaban J connectivity index is 0. The zero-order valence-corrected chi connectivity index (χ0v) is 14.3. The third-order valence-corrected chi connectivity index (χ3v) is 1.85. The monoisotopic (exact) mass is 334 g/mol. The van der Waals surface area contributed by atoms with Crippen LogP contribution >= 0.6 is 0 Å². The topological polar surface area (TPSA) is 26.3 Å². The van der Waals surface area contributed by atoms with Crippen molar-refractivity contribution < 1.29 is 46.0 Å². The van der Waals surface area contributed by atoms with Gasteiger partial charge in [0.25, 0.3) is 0 Å². The van der Waals surface area contributed by atoms with Crippen LogP contribution in [-0.2, 0) is 35.4 Å². The van der Waals surface area contributed by atoms with E-state index in [1.165, 1.54) is 0 Å². The molecule has 2 nitrogen and oxygen atoms in total. The SMILES string of the molecule is [Br-].[CH2-]c1cc(C)cc(CC(=O)OCC)c1.[Zn+2]. The smallest absolute Gasteiger partial charge is 1.00 e. The van der Waals surface area contributed by atoms with Crippen molar-refractivity contribution in [3.8, 4) is 0 Å². The first-order valence-electron chi connectivity index (χ1n) is 4.70. The minimum absolute atomic E-state index is 0. The second-order valence-electron chi connectivity index (χ2n) is 3.31. The van der Waals surface area contributed by atoms with E-state index in [4.69, 9.17) is 4.74 Å². The first-order valence-corrected chi connectivity index (χ1v) is 4.70. The van der Waals surface area contributed by atoms with Crippen LogP contribution in [0, 0.1) is 13.8 Å². The third-order valence-electron chi connectivity index (χ3n) is 1.85. The molecule has 0 heterocycles. The molecule has 0 bridgehead atoms. The molecule has 0 aliphatic rings. The van der Waals surface area contributed by atoms with Gasteiger partial charge in [0, 0.05) is 0 Å². The summed E-state index contributed by atoms with van der Waals surface area (Å²) in [5.41, 5.74) is 3.02. The number of benzene rings is 1. The quantitative estimate of drug-likeness (QED) is 0.414. The van der Waals surface area contributed by atoms with Crippen LogP contribution in [0.2, 0.25) is 0 Å². The van der Waals surface area contributed by atoms with Crippen molar-refractivity contribution in [1.29, 1.82) is 0 Å². The van der Waals surface area contributed by atoms with E-state index in [1.807, 2.05) is 25.1 Å². The summed E-state index contributed by atoms with van der Waals surface area (Å²) >= 11 is 0. The predicted octanol–water partition coefficient (Wildman–Crippen LogP) is -0.716. The Kier molecular flexibility index (Phi) is 9.89. The van der Waals surface area contributed by atoms with Gasteiger partial charge in [0.1, 0.15) is 0 Å². The van der Waals surface area contributed by atoms with E-state index in [-0.39, 0.29) is 42.4 Å². The molecule has 0 saturated carbocycles. The molecular weight excluding hydrogens is 321 g/mol. The summed E-state index contributed by atoms with van der Waals surface area (Å²) in [5, 5.41) is 0. The summed E-state index contributed by atoms with van der Waals surface area (Å²) in [6.45, 7) is 8.07. The van der Waals surface area contributed by atoms with E-state index in [0.717, 1.165) is 16.7 Å². The van der Waals surface area contributed by atoms with Crippen molar-refractivity contribution in [2.75, 3.05) is 6.61 Å². The Morgan fingerprint density at radius 3 is 2.50 bits per heavy atom. The summed E-state index contributed by atoms with van der Waals surface area (Å²) in [6.07, 6.45) is 0.331. The minimum Gasteiger partial charge on any atom is -1.00 e. The van der Waals surface area contributed by atoms with Crippen molar-refractivity contribution in [2.45, 2.75) is 20.3 Å². The Hall–Kier alpha value is -0.337. The van der Waals surface area contributed by atoms with E-state index in [9.17, 15) is 4.79 Å². The average Bonchev–Trinajstić information content (AvgIpc) is 2.01. The fraction of sp³-hybridized carbons (Fsp3) is 0.333. The van der Waals surface area contributed by atoms with Crippen molar-refractivity contribution >= 4 is 5.97 Å². The number of hydrogen-bond donors (Lipinski definition) is 0. The maximum Gasteiger partial charge on any atom is 2.00 e. The van der Waals surface area contributed by atoms with Gasteiger partial charge in [0.15, 0.2) is 0 Å².